The zero-order valence-corrected chi connectivity index (χ0v) is 59.2. The normalized spacial score (nSPS) is 16.5. The molecule has 4 aromatic rings. The number of imide groups is 1. The van der Waals surface area contributed by atoms with Gasteiger partial charge in [-0.3, -0.25) is 48.1 Å². The van der Waals surface area contributed by atoms with Gasteiger partial charge in [0.05, 0.1) is 134 Å². The van der Waals surface area contributed by atoms with Crippen molar-refractivity contribution in [2.75, 3.05) is 125 Å². The van der Waals surface area contributed by atoms with Crippen LogP contribution in [-0.2, 0) is 118 Å². The molecule has 2 aromatic heterocycles. The SMILES string of the molecule is CC[C@@]1(O)C(=O)OCc2c1cc1n(c2=O)Cc2c-1nc1cc(F)c(C)c3c1c2[C@@H](NC(=O)OCc1ccc(NC(=O)[C@H](C)NC(=O)[C@@H](NC(=O)[C@H](CCC(=O)O)NC(=O)CCCN2C(=O)C=CC2=O)C(C)C)cc1C(=O)NCCOCCOCCOCCOCCOCCOCCOCCOC)CC3. The van der Waals surface area contributed by atoms with Crippen molar-refractivity contribution in [3.8, 4) is 11.4 Å². The number of cyclic esters (lactones) is 1. The van der Waals surface area contributed by atoms with E-state index in [0.717, 1.165) is 17.1 Å². The molecule has 8 rings (SSSR count). The van der Waals surface area contributed by atoms with Gasteiger partial charge >= 0.3 is 18.0 Å². The van der Waals surface area contributed by atoms with Gasteiger partial charge in [-0.05, 0) is 86.8 Å². The van der Waals surface area contributed by atoms with E-state index in [1.54, 1.807) is 40.9 Å². The molecule has 33 heteroatoms. The number of hydrogen-bond acceptors (Lipinski definition) is 23. The third-order valence-electron chi connectivity index (χ3n) is 17.8. The standard InChI is InChI=1S/C71H92FN9O23/c1-7-71(94)50-36-55-63-48(38-81(55)68(91)49(50)40-103-69(71)92)61-52(13-12-46-42(4)51(72)37-54(77-63)60(46)61)78-70(93)104-39-44-10-11-45(35-47(44)65(88)73-18-20-96-23-24-98-27-28-100-31-32-102-34-33-101-30-29-99-26-25-97-22-21-95-6)75-64(87)43(5)74-67(90)62(41(2)3)79-66(89)53(14-17-59(85)86)76-56(82)9-8-19-80-57(83)15-16-58(80)84/h10-11,15-16,35-37,41,43,52-53,62,94H,7-9,12-14,17-34,38-40H2,1-6H3,(H,73,88)(H,74,90)(H,75,87)(H,76,82)(H,78,93)(H,79,89)(H,85,86)/t43-,52-,53-,62-,71-/m0/s1. The Bertz CT molecular complexity index is 3870. The molecule has 3 aliphatic heterocycles. The minimum Gasteiger partial charge on any atom is -0.481 e. The molecule has 1 aliphatic carbocycles. The van der Waals surface area contributed by atoms with Gasteiger partial charge in [0.25, 0.3) is 23.3 Å². The highest BCUT2D eigenvalue weighted by molar-refractivity contribution is 6.13. The topological polar surface area (TPSA) is 414 Å². The van der Waals surface area contributed by atoms with Crippen LogP contribution in [0.2, 0.25) is 0 Å². The molecular weight excluding hydrogens is 1370 g/mol. The van der Waals surface area contributed by atoms with Crippen LogP contribution in [0.1, 0.15) is 122 Å². The van der Waals surface area contributed by atoms with Gasteiger partial charge < -0.3 is 94.0 Å². The summed E-state index contributed by atoms with van der Waals surface area (Å²) in [6, 6.07) is 2.24. The maximum Gasteiger partial charge on any atom is 0.407 e. The highest BCUT2D eigenvalue weighted by Crippen LogP contribution is 2.46. The van der Waals surface area contributed by atoms with Crippen molar-refractivity contribution in [1.82, 2.24) is 41.0 Å². The van der Waals surface area contributed by atoms with E-state index in [4.69, 9.17) is 52.4 Å². The van der Waals surface area contributed by atoms with Crippen LogP contribution in [0.3, 0.4) is 0 Å². The highest BCUT2D eigenvalue weighted by atomic mass is 19.1. The van der Waals surface area contributed by atoms with E-state index in [-0.39, 0.29) is 124 Å². The lowest BCUT2D eigenvalue weighted by Gasteiger charge is -2.31. The number of aromatic nitrogens is 2. The van der Waals surface area contributed by atoms with Gasteiger partial charge in [-0.2, -0.15) is 0 Å². The average Bonchev–Trinajstić information content (AvgIpc) is 1.49. The second-order valence-electron chi connectivity index (χ2n) is 25.3. The summed E-state index contributed by atoms with van der Waals surface area (Å²) in [6.07, 6.45) is 0.686. The van der Waals surface area contributed by atoms with Gasteiger partial charge in [0, 0.05) is 84.6 Å². The molecule has 0 unspecified atom stereocenters. The summed E-state index contributed by atoms with van der Waals surface area (Å²) in [4.78, 5) is 151. The van der Waals surface area contributed by atoms with Crippen molar-refractivity contribution in [1.29, 1.82) is 0 Å². The zero-order valence-electron chi connectivity index (χ0n) is 59.2. The lowest BCUT2D eigenvalue weighted by molar-refractivity contribution is -0.172. The van der Waals surface area contributed by atoms with Crippen LogP contribution < -0.4 is 37.5 Å². The van der Waals surface area contributed by atoms with Crippen molar-refractivity contribution >= 4 is 76.0 Å². The number of hydrogen-bond donors (Lipinski definition) is 8. The van der Waals surface area contributed by atoms with Crippen molar-refractivity contribution in [2.24, 2.45) is 5.92 Å². The summed E-state index contributed by atoms with van der Waals surface area (Å²) in [7, 11) is 1.61. The molecule has 2 aromatic carbocycles. The monoisotopic (exact) mass is 1460 g/mol. The number of esters is 1. The van der Waals surface area contributed by atoms with E-state index in [1.165, 1.54) is 35.8 Å². The Morgan fingerprint density at radius 1 is 0.750 bits per heavy atom. The fraction of sp³-hybridized carbons (Fsp3) is 0.549. The number of carbonyl (C=O) groups excluding carboxylic acids is 9. The molecule has 32 nitrogen and oxygen atoms in total. The first kappa shape index (κ1) is 80.5. The van der Waals surface area contributed by atoms with Crippen molar-refractivity contribution in [2.45, 2.75) is 129 Å². The number of fused-ring (bicyclic) bond motifs is 5. The van der Waals surface area contributed by atoms with Gasteiger partial charge in [-0.1, -0.05) is 26.8 Å². The molecule has 8 amide bonds. The molecule has 8 N–H and O–H groups in total. The van der Waals surface area contributed by atoms with E-state index in [9.17, 15) is 63.0 Å². The number of nitrogens with one attached hydrogen (secondary N) is 6. The molecule has 0 fully saturated rings. The highest BCUT2D eigenvalue weighted by Gasteiger charge is 2.46. The number of pyridine rings is 2. The lowest BCUT2D eigenvalue weighted by atomic mass is 9.81. The smallest absolute Gasteiger partial charge is 0.407 e. The van der Waals surface area contributed by atoms with Crippen LogP contribution in [0.25, 0.3) is 22.3 Å². The summed E-state index contributed by atoms with van der Waals surface area (Å²) < 4.78 is 71.8. The second kappa shape index (κ2) is 39.1. The van der Waals surface area contributed by atoms with E-state index >= 15 is 4.39 Å². The molecule has 0 spiro atoms. The summed E-state index contributed by atoms with van der Waals surface area (Å²) in [5.41, 5.74) is 0.770. The lowest BCUT2D eigenvalue weighted by Crippen LogP contribution is -2.57. The number of aliphatic hydroxyl groups is 1. The van der Waals surface area contributed by atoms with E-state index < -0.39 is 119 Å². The Morgan fingerprint density at radius 2 is 1.37 bits per heavy atom. The number of rotatable bonds is 44. The third-order valence-corrected chi connectivity index (χ3v) is 17.8. The van der Waals surface area contributed by atoms with Gasteiger partial charge in [0.15, 0.2) is 5.60 Å². The van der Waals surface area contributed by atoms with Crippen molar-refractivity contribution in [3.05, 3.63) is 103 Å². The predicted molar refractivity (Wildman–Crippen MR) is 367 cm³/mol. The number of benzene rings is 2. The maximum atomic E-state index is 15.7. The number of anilines is 1. The van der Waals surface area contributed by atoms with E-state index in [1.807, 2.05) is 0 Å². The number of amides is 8. The van der Waals surface area contributed by atoms with Crippen LogP contribution in [-0.4, -0.2) is 221 Å². The second-order valence-corrected chi connectivity index (χ2v) is 25.3. The molecule has 566 valence electrons. The Hall–Kier alpha value is -9.19. The van der Waals surface area contributed by atoms with Crippen LogP contribution in [0.15, 0.2) is 47.3 Å². The largest absolute Gasteiger partial charge is 0.481 e. The van der Waals surface area contributed by atoms with Crippen molar-refractivity contribution in [3.63, 3.8) is 0 Å². The van der Waals surface area contributed by atoms with E-state index in [2.05, 4.69) is 31.9 Å². The zero-order chi connectivity index (χ0) is 75.0. The molecule has 0 saturated heterocycles. The first-order valence-corrected chi connectivity index (χ1v) is 34.6. The van der Waals surface area contributed by atoms with Crippen LogP contribution in [0, 0.1) is 18.7 Å². The molecular formula is C71H92FN9O23. The fourth-order valence-electron chi connectivity index (χ4n) is 12.2. The van der Waals surface area contributed by atoms with Gasteiger partial charge in [0.1, 0.15) is 37.2 Å². The maximum absolute atomic E-state index is 15.7. The minimum absolute atomic E-state index is 0.00288. The van der Waals surface area contributed by atoms with Crippen LogP contribution in [0.5, 0.6) is 0 Å². The number of ether oxygens (including phenoxy) is 10. The van der Waals surface area contributed by atoms with Gasteiger partial charge in [-0.25, -0.2) is 19.0 Å². The van der Waals surface area contributed by atoms with E-state index in [0.29, 0.717) is 112 Å². The predicted octanol–water partition coefficient (Wildman–Crippen LogP) is 2.57. The Morgan fingerprint density at radius 3 is 1.96 bits per heavy atom. The molecule has 0 radical (unpaired) electrons. The van der Waals surface area contributed by atoms with Crippen LogP contribution >= 0.6 is 0 Å². The molecule has 0 saturated carbocycles. The first-order chi connectivity index (χ1) is 49.9. The van der Waals surface area contributed by atoms with Crippen LogP contribution in [0.4, 0.5) is 14.9 Å². The quantitative estimate of drug-likeness (QED) is 0.0158. The minimum atomic E-state index is -2.11. The number of aliphatic carboxylic acids is 1. The number of methoxy groups -OCH3 is 1. The number of nitrogens with zero attached hydrogens (tertiary/aromatic N) is 3. The molecule has 4 aliphatic rings. The van der Waals surface area contributed by atoms with Crippen molar-refractivity contribution < 1.29 is 110 Å². The van der Waals surface area contributed by atoms with Gasteiger partial charge in [0.2, 0.25) is 23.6 Å². The summed E-state index contributed by atoms with van der Waals surface area (Å²) >= 11 is 0. The summed E-state index contributed by atoms with van der Waals surface area (Å²) in [5, 5.41) is 37.6. The number of carboxylic acids is 1. The molecule has 104 heavy (non-hydrogen) atoms. The number of halogens is 1. The Kier molecular flexibility index (Phi) is 30.2. The summed E-state index contributed by atoms with van der Waals surface area (Å²) in [6.45, 7) is 12.3. The number of carbonyl (C=O) groups is 10. The first-order valence-electron chi connectivity index (χ1n) is 34.6. The Balaban J connectivity index is 0.885. The molecule has 0 bridgehead atoms. The summed E-state index contributed by atoms with van der Waals surface area (Å²) in [5.74, 6) is -8.19. The Labute approximate surface area is 599 Å². The fourth-order valence-corrected chi connectivity index (χ4v) is 12.2. The average molecular weight is 1460 g/mol. The number of carboxylic acid groups (broad SMARTS) is 1. The molecule has 5 heterocycles. The number of aryl methyl sites for hydroxylation is 1. The van der Waals surface area contributed by atoms with Gasteiger partial charge in [-0.15, -0.1) is 0 Å². The molecule has 5 atom stereocenters. The number of alkyl carbamates (subject to hydrolysis) is 1. The third kappa shape index (κ3) is 21.3.